The van der Waals surface area contributed by atoms with Crippen molar-refractivity contribution in [3.63, 3.8) is 0 Å². The number of halogens is 3. The van der Waals surface area contributed by atoms with Gasteiger partial charge >= 0.3 is 12.1 Å². The number of nitrogens with zero attached hydrogens (tertiary/aromatic N) is 4. The quantitative estimate of drug-likeness (QED) is 0.347. The highest BCUT2D eigenvalue weighted by atomic mass is 19.4. The lowest BCUT2D eigenvalue weighted by atomic mass is 9.96. The van der Waals surface area contributed by atoms with Crippen molar-refractivity contribution in [3.8, 4) is 11.3 Å². The number of fused-ring (bicyclic) bond motifs is 2. The molecule has 3 fully saturated rings. The summed E-state index contributed by atoms with van der Waals surface area (Å²) in [5.41, 5.74) is 0.252. The number of hydrogen-bond acceptors (Lipinski definition) is 8. The molecule has 39 heavy (non-hydrogen) atoms. The molecule has 0 N–H and O–H groups in total. The zero-order valence-corrected chi connectivity index (χ0v) is 21.6. The molecule has 2 saturated heterocycles. The molecule has 1 saturated carbocycles. The Morgan fingerprint density at radius 2 is 1.92 bits per heavy atom. The molecule has 1 aliphatic carbocycles. The van der Waals surface area contributed by atoms with Crippen molar-refractivity contribution in [2.24, 2.45) is 5.92 Å². The number of esters is 1. The van der Waals surface area contributed by atoms with E-state index in [0.717, 1.165) is 38.2 Å². The van der Waals surface area contributed by atoms with E-state index in [1.165, 1.54) is 25.4 Å². The molecule has 11 heteroatoms. The van der Waals surface area contributed by atoms with Crippen LogP contribution in [-0.2, 0) is 22.3 Å². The second-order valence-electron chi connectivity index (χ2n) is 10.7. The second-order valence-corrected chi connectivity index (χ2v) is 10.7. The molecule has 0 radical (unpaired) electrons. The van der Waals surface area contributed by atoms with E-state index in [4.69, 9.17) is 14.0 Å². The summed E-state index contributed by atoms with van der Waals surface area (Å²) in [6, 6.07) is 5.81. The summed E-state index contributed by atoms with van der Waals surface area (Å²) in [4.78, 5) is 22.7. The van der Waals surface area contributed by atoms with Crippen LogP contribution in [0, 0.1) is 5.92 Å². The number of anilines is 1. The molecule has 4 heterocycles. The molecular formula is C28H29F3N4O4. The molecule has 3 unspecified atom stereocenters. The molecule has 0 amide bonds. The molecule has 2 bridgehead atoms. The Kier molecular flexibility index (Phi) is 6.57. The van der Waals surface area contributed by atoms with Crippen LogP contribution in [0.2, 0.25) is 0 Å². The Morgan fingerprint density at radius 1 is 1.13 bits per heavy atom. The molecule has 8 nitrogen and oxygen atoms in total. The van der Waals surface area contributed by atoms with Gasteiger partial charge in [-0.1, -0.05) is 30.3 Å². The van der Waals surface area contributed by atoms with Gasteiger partial charge < -0.3 is 18.9 Å². The molecule has 2 aliphatic heterocycles. The Labute approximate surface area is 223 Å². The van der Waals surface area contributed by atoms with Crippen LogP contribution in [-0.4, -0.2) is 46.4 Å². The van der Waals surface area contributed by atoms with Crippen LogP contribution in [0.5, 0.6) is 0 Å². The van der Waals surface area contributed by atoms with Gasteiger partial charge in [-0.2, -0.15) is 13.2 Å². The molecular weight excluding hydrogens is 513 g/mol. The first-order valence-corrected chi connectivity index (χ1v) is 13.2. The van der Waals surface area contributed by atoms with Crippen molar-refractivity contribution in [1.29, 1.82) is 0 Å². The van der Waals surface area contributed by atoms with Crippen molar-refractivity contribution < 1.29 is 32.0 Å². The fourth-order valence-corrected chi connectivity index (χ4v) is 6.10. The Balaban J connectivity index is 1.21. The third-order valence-corrected chi connectivity index (χ3v) is 8.11. The maximum Gasteiger partial charge on any atom is 0.417 e. The van der Waals surface area contributed by atoms with E-state index in [1.54, 1.807) is 12.3 Å². The van der Waals surface area contributed by atoms with Gasteiger partial charge in [0.2, 0.25) is 0 Å². The number of methoxy groups -OCH3 is 1. The van der Waals surface area contributed by atoms with Crippen LogP contribution in [0.3, 0.4) is 0 Å². The summed E-state index contributed by atoms with van der Waals surface area (Å²) in [6.45, 7) is 2.34. The normalized spacial score (nSPS) is 24.7. The highest BCUT2D eigenvalue weighted by molar-refractivity contribution is 5.86. The fourth-order valence-electron chi connectivity index (χ4n) is 6.10. The van der Waals surface area contributed by atoms with Gasteiger partial charge in [0.25, 0.3) is 0 Å². The van der Waals surface area contributed by atoms with Gasteiger partial charge in [-0.15, -0.1) is 0 Å². The van der Waals surface area contributed by atoms with Gasteiger partial charge in [0.15, 0.2) is 5.69 Å². The molecule has 4 atom stereocenters. The lowest BCUT2D eigenvalue weighted by Gasteiger charge is -2.40. The number of benzene rings is 1. The predicted molar refractivity (Wildman–Crippen MR) is 134 cm³/mol. The van der Waals surface area contributed by atoms with E-state index in [1.807, 2.05) is 0 Å². The molecule has 3 aliphatic rings. The summed E-state index contributed by atoms with van der Waals surface area (Å²) in [5, 5.41) is 4.11. The number of carbonyl (C=O) groups excluding carboxylic acids is 1. The standard InChI is InChI=1S/C28H29F3N4O4/c1-15-9-17-10-18(11-23(15)35(17)24-13-32-22(12-33-24)27(36)37-2)38-14-20-25(34-39-26(20)16-7-8-16)19-5-3-4-6-21(19)28(29,30)31/h3-6,12-13,15-18,23H,7-11,14H2,1-2H3/t15-,17?,18?,23?/m1/s1. The molecule has 206 valence electrons. The topological polar surface area (TPSA) is 90.6 Å². The van der Waals surface area contributed by atoms with Crippen molar-refractivity contribution in [1.82, 2.24) is 15.1 Å². The third-order valence-electron chi connectivity index (χ3n) is 8.11. The largest absolute Gasteiger partial charge is 0.464 e. The smallest absolute Gasteiger partial charge is 0.417 e. The van der Waals surface area contributed by atoms with E-state index in [9.17, 15) is 18.0 Å². The first kappa shape index (κ1) is 25.8. The first-order valence-electron chi connectivity index (χ1n) is 13.2. The van der Waals surface area contributed by atoms with Crippen LogP contribution in [0.1, 0.15) is 72.3 Å². The van der Waals surface area contributed by atoms with Crippen LogP contribution in [0.4, 0.5) is 19.0 Å². The van der Waals surface area contributed by atoms with Crippen molar-refractivity contribution in [2.75, 3.05) is 12.0 Å². The van der Waals surface area contributed by atoms with E-state index in [2.05, 4.69) is 26.9 Å². The number of hydrogen-bond donors (Lipinski definition) is 0. The highest BCUT2D eigenvalue weighted by Gasteiger charge is 2.46. The van der Waals surface area contributed by atoms with E-state index in [-0.39, 0.29) is 47.7 Å². The van der Waals surface area contributed by atoms with Gasteiger partial charge in [-0.25, -0.2) is 14.8 Å². The Bertz CT molecular complexity index is 1360. The van der Waals surface area contributed by atoms with Crippen molar-refractivity contribution in [3.05, 3.63) is 59.2 Å². The number of carbonyl (C=O) groups is 1. The average Bonchev–Trinajstić information content (AvgIpc) is 3.65. The van der Waals surface area contributed by atoms with Gasteiger partial charge in [-0.05, 0) is 44.1 Å². The van der Waals surface area contributed by atoms with Gasteiger partial charge in [0.1, 0.15) is 17.3 Å². The van der Waals surface area contributed by atoms with Crippen LogP contribution in [0.15, 0.2) is 41.2 Å². The monoisotopic (exact) mass is 542 g/mol. The fraction of sp³-hybridized carbons (Fsp3) is 0.500. The maximum absolute atomic E-state index is 13.8. The number of alkyl halides is 3. The molecule has 0 spiro atoms. The van der Waals surface area contributed by atoms with E-state index < -0.39 is 17.7 Å². The number of aromatic nitrogens is 3. The zero-order valence-electron chi connectivity index (χ0n) is 21.6. The summed E-state index contributed by atoms with van der Waals surface area (Å²) < 4.78 is 58.1. The second kappa shape index (κ2) is 9.93. The van der Waals surface area contributed by atoms with Crippen LogP contribution < -0.4 is 4.90 Å². The summed E-state index contributed by atoms with van der Waals surface area (Å²) in [6.07, 6.45) is 2.78. The molecule has 2 aromatic heterocycles. The van der Waals surface area contributed by atoms with Crippen LogP contribution >= 0.6 is 0 Å². The molecule has 1 aromatic carbocycles. The van der Waals surface area contributed by atoms with Gasteiger partial charge in [0.05, 0.1) is 37.8 Å². The molecule has 6 rings (SSSR count). The predicted octanol–water partition coefficient (Wildman–Crippen LogP) is 5.78. The average molecular weight is 543 g/mol. The Hall–Kier alpha value is -3.47. The van der Waals surface area contributed by atoms with Crippen LogP contribution in [0.25, 0.3) is 11.3 Å². The minimum Gasteiger partial charge on any atom is -0.464 e. The van der Waals surface area contributed by atoms with Crippen molar-refractivity contribution in [2.45, 2.75) is 75.9 Å². The summed E-state index contributed by atoms with van der Waals surface area (Å²) in [7, 11) is 1.30. The van der Waals surface area contributed by atoms with E-state index >= 15 is 0 Å². The number of ether oxygens (including phenoxy) is 2. The minimum absolute atomic E-state index is 0.0109. The number of piperidine rings is 1. The SMILES string of the molecule is COC(=O)c1cnc(N2C3CC(OCc4c(-c5ccccc5C(F)(F)F)noc4C4CC4)CC2[C@H](C)C3)cn1. The zero-order chi connectivity index (χ0) is 27.3. The number of rotatable bonds is 7. The summed E-state index contributed by atoms with van der Waals surface area (Å²) >= 11 is 0. The molecule has 3 aromatic rings. The summed E-state index contributed by atoms with van der Waals surface area (Å²) in [5.74, 6) is 1.39. The third kappa shape index (κ3) is 4.88. The maximum atomic E-state index is 13.8. The van der Waals surface area contributed by atoms with E-state index in [0.29, 0.717) is 23.1 Å². The highest BCUT2D eigenvalue weighted by Crippen LogP contribution is 2.47. The van der Waals surface area contributed by atoms with Gasteiger partial charge in [0, 0.05) is 29.1 Å². The lowest BCUT2D eigenvalue weighted by Crippen LogP contribution is -2.47. The van der Waals surface area contributed by atoms with Gasteiger partial charge in [-0.3, -0.25) is 0 Å². The minimum atomic E-state index is -4.51. The van der Waals surface area contributed by atoms with Crippen molar-refractivity contribution >= 4 is 11.8 Å². The first-order chi connectivity index (χ1) is 18.7. The lowest BCUT2D eigenvalue weighted by molar-refractivity contribution is -0.137. The Morgan fingerprint density at radius 3 is 2.59 bits per heavy atom.